The van der Waals surface area contributed by atoms with Crippen molar-refractivity contribution in [1.29, 1.82) is 0 Å². The molecule has 0 amide bonds. The van der Waals surface area contributed by atoms with E-state index in [0.717, 1.165) is 10.9 Å². The van der Waals surface area contributed by atoms with E-state index in [4.69, 9.17) is 27.6 Å². The molecule has 0 unspecified atom stereocenters. The van der Waals surface area contributed by atoms with Crippen molar-refractivity contribution in [3.05, 3.63) is 98.8 Å². The van der Waals surface area contributed by atoms with E-state index in [9.17, 15) is 4.79 Å². The fraction of sp³-hybridized carbons (Fsp3) is 0. The first kappa shape index (κ1) is 18.6. The number of fused-ring (bicyclic) bond motifs is 2. The van der Waals surface area contributed by atoms with Gasteiger partial charge in [-0.3, -0.25) is 4.79 Å². The van der Waals surface area contributed by atoms with E-state index >= 15 is 0 Å². The molecule has 0 N–H and O–H groups in total. The smallest absolute Gasteiger partial charge is 0.282 e. The summed E-state index contributed by atoms with van der Waals surface area (Å²) in [6.45, 7) is 0. The summed E-state index contributed by atoms with van der Waals surface area (Å²) in [6, 6.07) is 21.4. The predicted octanol–water partition coefficient (Wildman–Crippen LogP) is 6.00. The minimum Gasteiger partial charge on any atom is -0.453 e. The van der Waals surface area contributed by atoms with Crippen LogP contribution in [-0.4, -0.2) is 15.9 Å². The molecule has 2 heterocycles. The predicted molar refractivity (Wildman–Crippen MR) is 121 cm³/mol. The Morgan fingerprint density at radius 3 is 2.63 bits per heavy atom. The molecule has 0 saturated heterocycles. The second-order valence-electron chi connectivity index (χ2n) is 6.66. The summed E-state index contributed by atoms with van der Waals surface area (Å²) in [5, 5.41) is 6.85. The summed E-state index contributed by atoms with van der Waals surface area (Å²) in [4.78, 5) is 17.9. The third kappa shape index (κ3) is 3.38. The van der Waals surface area contributed by atoms with Gasteiger partial charge in [-0.25, -0.2) is 4.98 Å². The van der Waals surface area contributed by atoms with Crippen LogP contribution in [0.15, 0.2) is 87.1 Å². The lowest BCUT2D eigenvalue weighted by atomic mass is 10.2. The van der Waals surface area contributed by atoms with Crippen LogP contribution in [0.3, 0.4) is 0 Å². The molecule has 0 radical (unpaired) electrons. The average Bonchev–Trinajstić information content (AvgIpc) is 3.16. The Labute approximate surface area is 180 Å². The van der Waals surface area contributed by atoms with Crippen LogP contribution < -0.4 is 5.56 Å². The summed E-state index contributed by atoms with van der Waals surface area (Å²) in [6.07, 6.45) is 1.56. The number of nitrogens with zero attached hydrogens (tertiary/aromatic N) is 3. The first-order chi connectivity index (χ1) is 14.6. The number of hydrogen-bond donors (Lipinski definition) is 0. The van der Waals surface area contributed by atoms with Gasteiger partial charge in [0.15, 0.2) is 5.76 Å². The van der Waals surface area contributed by atoms with Crippen LogP contribution in [-0.2, 0) is 0 Å². The van der Waals surface area contributed by atoms with Gasteiger partial charge >= 0.3 is 0 Å². The molecule has 0 fully saturated rings. The third-order valence-corrected chi connectivity index (χ3v) is 5.09. The fourth-order valence-corrected chi connectivity index (χ4v) is 3.61. The van der Waals surface area contributed by atoms with Gasteiger partial charge in [0.2, 0.25) is 5.82 Å². The van der Waals surface area contributed by atoms with E-state index in [-0.39, 0.29) is 5.56 Å². The Morgan fingerprint density at radius 2 is 1.77 bits per heavy atom. The zero-order valence-electron chi connectivity index (χ0n) is 15.4. The zero-order chi connectivity index (χ0) is 20.7. The number of para-hydroxylation sites is 1. The second-order valence-corrected chi connectivity index (χ2v) is 7.53. The number of rotatable bonds is 3. The monoisotopic (exact) mass is 433 g/mol. The molecule has 30 heavy (non-hydrogen) atoms. The summed E-state index contributed by atoms with van der Waals surface area (Å²) in [5.41, 5.74) is 1.66. The molecule has 0 saturated carbocycles. The molecule has 3 aromatic carbocycles. The van der Waals surface area contributed by atoms with Crippen LogP contribution >= 0.6 is 23.2 Å². The van der Waals surface area contributed by atoms with E-state index < -0.39 is 0 Å². The van der Waals surface area contributed by atoms with E-state index in [2.05, 4.69) is 10.1 Å². The second kappa shape index (κ2) is 7.44. The maximum atomic E-state index is 13.2. The molecule has 0 atom stereocenters. The van der Waals surface area contributed by atoms with Gasteiger partial charge in [0, 0.05) is 15.4 Å². The molecule has 5 nitrogen and oxygen atoms in total. The van der Waals surface area contributed by atoms with Crippen LogP contribution in [0.2, 0.25) is 10.0 Å². The number of aromatic nitrogens is 2. The van der Waals surface area contributed by atoms with Gasteiger partial charge < -0.3 is 4.42 Å². The standard InChI is InChI=1S/C23H13Cl2N3O2/c24-16-5-3-4-14(10-16)13-26-28-22(27-19-7-2-1-6-18(19)23(28)29)21-12-15-11-17(25)8-9-20(15)30-21/h1-13H. The molecule has 5 aromatic rings. The van der Waals surface area contributed by atoms with Crippen LogP contribution in [0.1, 0.15) is 5.56 Å². The van der Waals surface area contributed by atoms with E-state index in [0.29, 0.717) is 38.1 Å². The molecule has 0 spiro atoms. The molecule has 2 aromatic heterocycles. The lowest BCUT2D eigenvalue weighted by molar-refractivity contribution is 0.616. The third-order valence-electron chi connectivity index (χ3n) is 4.62. The van der Waals surface area contributed by atoms with Gasteiger partial charge in [-0.15, -0.1) is 0 Å². The molecule has 146 valence electrons. The van der Waals surface area contributed by atoms with Crippen molar-refractivity contribution in [2.24, 2.45) is 5.10 Å². The molecule has 7 heteroatoms. The maximum absolute atomic E-state index is 13.2. The summed E-state index contributed by atoms with van der Waals surface area (Å²) in [5.74, 6) is 0.711. The molecule has 0 aliphatic carbocycles. The Morgan fingerprint density at radius 1 is 0.933 bits per heavy atom. The quantitative estimate of drug-likeness (QED) is 0.327. The van der Waals surface area contributed by atoms with Gasteiger partial charge in [0.05, 0.1) is 17.1 Å². The Hall–Kier alpha value is -3.41. The fourth-order valence-electron chi connectivity index (χ4n) is 3.23. The normalized spacial score (nSPS) is 11.7. The van der Waals surface area contributed by atoms with Crippen molar-refractivity contribution >= 4 is 51.3 Å². The highest BCUT2D eigenvalue weighted by molar-refractivity contribution is 6.31. The van der Waals surface area contributed by atoms with Crippen molar-refractivity contribution in [3.8, 4) is 11.6 Å². The first-order valence-corrected chi connectivity index (χ1v) is 9.85. The minimum atomic E-state index is -0.299. The highest BCUT2D eigenvalue weighted by atomic mass is 35.5. The maximum Gasteiger partial charge on any atom is 0.282 e. The number of halogens is 2. The lowest BCUT2D eigenvalue weighted by Crippen LogP contribution is -2.20. The van der Waals surface area contributed by atoms with Crippen molar-refractivity contribution in [2.75, 3.05) is 0 Å². The molecule has 5 rings (SSSR count). The lowest BCUT2D eigenvalue weighted by Gasteiger charge is -2.07. The molecule has 0 bridgehead atoms. The van der Waals surface area contributed by atoms with Gasteiger partial charge in [-0.1, -0.05) is 47.5 Å². The van der Waals surface area contributed by atoms with E-state index in [1.165, 1.54) is 4.68 Å². The van der Waals surface area contributed by atoms with Crippen molar-refractivity contribution in [2.45, 2.75) is 0 Å². The van der Waals surface area contributed by atoms with Gasteiger partial charge in [0.25, 0.3) is 5.56 Å². The summed E-state index contributed by atoms with van der Waals surface area (Å²) >= 11 is 12.1. The van der Waals surface area contributed by atoms with Gasteiger partial charge in [-0.2, -0.15) is 9.78 Å². The van der Waals surface area contributed by atoms with Crippen LogP contribution in [0.4, 0.5) is 0 Å². The van der Waals surface area contributed by atoms with Crippen LogP contribution in [0.5, 0.6) is 0 Å². The Bertz CT molecular complexity index is 1500. The van der Waals surface area contributed by atoms with E-state index in [1.54, 1.807) is 60.8 Å². The average molecular weight is 434 g/mol. The van der Waals surface area contributed by atoms with Gasteiger partial charge in [-0.05, 0) is 54.1 Å². The number of benzene rings is 3. The highest BCUT2D eigenvalue weighted by Crippen LogP contribution is 2.29. The summed E-state index contributed by atoms with van der Waals surface area (Å²) in [7, 11) is 0. The minimum absolute atomic E-state index is 0.296. The summed E-state index contributed by atoms with van der Waals surface area (Å²) < 4.78 is 7.19. The number of hydrogen-bond acceptors (Lipinski definition) is 4. The Balaban J connectivity index is 1.75. The van der Waals surface area contributed by atoms with Crippen molar-refractivity contribution in [1.82, 2.24) is 9.66 Å². The largest absolute Gasteiger partial charge is 0.453 e. The topological polar surface area (TPSA) is 60.4 Å². The zero-order valence-corrected chi connectivity index (χ0v) is 16.9. The molecular weight excluding hydrogens is 421 g/mol. The molecule has 0 aliphatic rings. The van der Waals surface area contributed by atoms with Crippen molar-refractivity contribution < 1.29 is 4.42 Å². The number of furan rings is 1. The SMILES string of the molecule is O=c1c2ccccc2nc(-c2cc3cc(Cl)ccc3o2)n1N=Cc1cccc(Cl)c1. The van der Waals surface area contributed by atoms with Crippen LogP contribution in [0, 0.1) is 0 Å². The molecule has 0 aliphatic heterocycles. The highest BCUT2D eigenvalue weighted by Gasteiger charge is 2.16. The van der Waals surface area contributed by atoms with Crippen LogP contribution in [0.25, 0.3) is 33.5 Å². The Kier molecular flexibility index (Phi) is 4.62. The van der Waals surface area contributed by atoms with E-state index in [1.807, 2.05) is 18.2 Å². The first-order valence-electron chi connectivity index (χ1n) is 9.10. The van der Waals surface area contributed by atoms with Gasteiger partial charge in [0.1, 0.15) is 5.58 Å². The molecular formula is C23H13Cl2N3O2. The van der Waals surface area contributed by atoms with Crippen molar-refractivity contribution in [3.63, 3.8) is 0 Å².